The molecule has 0 bridgehead atoms. The highest BCUT2D eigenvalue weighted by molar-refractivity contribution is 6.05. The highest BCUT2D eigenvalue weighted by Crippen LogP contribution is 2.35. The Hall–Kier alpha value is -1.05. The largest absolute Gasteiger partial charge is 0.398 e. The third kappa shape index (κ3) is 1.43. The van der Waals surface area contributed by atoms with Gasteiger partial charge < -0.3 is 5.73 Å². The lowest BCUT2D eigenvalue weighted by Crippen LogP contribution is -2.29. The molecule has 3 rings (SSSR count). The van der Waals surface area contributed by atoms with Crippen molar-refractivity contribution >= 4 is 5.71 Å². The number of nitrogens with zero attached hydrogens (tertiary/aromatic N) is 1. The highest BCUT2D eigenvalue weighted by Gasteiger charge is 2.29. The minimum absolute atomic E-state index is 0.434. The van der Waals surface area contributed by atoms with Crippen LogP contribution in [-0.4, -0.2) is 11.8 Å². The number of hydrogen-bond donors (Lipinski definition) is 1. The van der Waals surface area contributed by atoms with Crippen LogP contribution in [0.3, 0.4) is 0 Å². The molecule has 2 aliphatic carbocycles. The predicted octanol–water partition coefficient (Wildman–Crippen LogP) is 2.71. The topological polar surface area (TPSA) is 38.4 Å². The minimum Gasteiger partial charge on any atom is -0.398 e. The normalized spacial score (nSPS) is 30.3. The summed E-state index contributed by atoms with van der Waals surface area (Å²) in [6, 6.07) is 0.434. The Balaban J connectivity index is 2.04. The number of allylic oxidation sites excluding steroid dienone is 2. The number of fused-ring (bicyclic) bond motifs is 2. The maximum Gasteiger partial charge on any atom is 0.0735 e. The van der Waals surface area contributed by atoms with Crippen LogP contribution in [0.15, 0.2) is 27.9 Å². The molecule has 0 spiro atoms. The Kier molecular flexibility index (Phi) is 2.15. The molecule has 1 aliphatic heterocycles. The van der Waals surface area contributed by atoms with Crippen molar-refractivity contribution in [3.05, 3.63) is 22.9 Å². The summed E-state index contributed by atoms with van der Waals surface area (Å²) >= 11 is 0. The van der Waals surface area contributed by atoms with Crippen LogP contribution in [0.4, 0.5) is 0 Å². The lowest BCUT2D eigenvalue weighted by atomic mass is 9.81. The van der Waals surface area contributed by atoms with Crippen molar-refractivity contribution in [1.29, 1.82) is 0 Å². The zero-order chi connectivity index (χ0) is 10.3. The maximum atomic E-state index is 6.27. The fourth-order valence-electron chi connectivity index (χ4n) is 2.98. The Morgan fingerprint density at radius 3 is 3.07 bits per heavy atom. The number of dihydropyridines is 1. The molecule has 0 radical (unpaired) electrons. The SMILES string of the molecule is NC1=C2CCCCC2N=C2CCCC=C21. The van der Waals surface area contributed by atoms with E-state index in [1.807, 2.05) is 0 Å². The summed E-state index contributed by atoms with van der Waals surface area (Å²) in [7, 11) is 0. The second-order valence-corrected chi connectivity index (χ2v) is 4.79. The number of rotatable bonds is 0. The van der Waals surface area contributed by atoms with Gasteiger partial charge in [-0.25, -0.2) is 0 Å². The summed E-state index contributed by atoms with van der Waals surface area (Å²) in [5.74, 6) is 0. The average molecular weight is 202 g/mol. The average Bonchev–Trinajstić information content (AvgIpc) is 2.30. The van der Waals surface area contributed by atoms with Crippen molar-refractivity contribution in [2.75, 3.05) is 0 Å². The van der Waals surface area contributed by atoms with E-state index in [1.54, 1.807) is 0 Å². The summed E-state index contributed by atoms with van der Waals surface area (Å²) < 4.78 is 0. The highest BCUT2D eigenvalue weighted by atomic mass is 14.9. The molecule has 0 aromatic carbocycles. The Labute approximate surface area is 91.0 Å². The standard InChI is InChI=1S/C13H18N2/c14-13-9-5-1-3-7-11(9)15-12-8-4-2-6-10(12)13/h5,12H,1-4,6-8,14H2. The van der Waals surface area contributed by atoms with Crippen molar-refractivity contribution in [2.24, 2.45) is 10.7 Å². The van der Waals surface area contributed by atoms with E-state index in [-0.39, 0.29) is 0 Å². The molecule has 1 heterocycles. The molecule has 1 fully saturated rings. The molecule has 0 amide bonds. The van der Waals surface area contributed by atoms with Gasteiger partial charge in [-0.05, 0) is 44.1 Å². The summed E-state index contributed by atoms with van der Waals surface area (Å²) in [6.07, 6.45) is 10.8. The van der Waals surface area contributed by atoms with Crippen molar-refractivity contribution in [1.82, 2.24) is 0 Å². The van der Waals surface area contributed by atoms with Gasteiger partial charge in [0.2, 0.25) is 0 Å². The van der Waals surface area contributed by atoms with Gasteiger partial charge in [-0.15, -0.1) is 0 Å². The van der Waals surface area contributed by atoms with Crippen molar-refractivity contribution in [3.63, 3.8) is 0 Å². The molecule has 0 aromatic heterocycles. The lowest BCUT2D eigenvalue weighted by molar-refractivity contribution is 0.527. The molecule has 0 aromatic rings. The third-order valence-electron chi connectivity index (χ3n) is 3.80. The van der Waals surface area contributed by atoms with E-state index in [4.69, 9.17) is 10.7 Å². The predicted molar refractivity (Wildman–Crippen MR) is 62.8 cm³/mol. The van der Waals surface area contributed by atoms with Crippen LogP contribution in [0.5, 0.6) is 0 Å². The first-order chi connectivity index (χ1) is 7.36. The number of hydrogen-bond acceptors (Lipinski definition) is 2. The monoisotopic (exact) mass is 202 g/mol. The fraction of sp³-hybridized carbons (Fsp3) is 0.615. The smallest absolute Gasteiger partial charge is 0.0735 e. The van der Waals surface area contributed by atoms with Gasteiger partial charge in [-0.1, -0.05) is 12.5 Å². The molecule has 80 valence electrons. The van der Waals surface area contributed by atoms with Crippen LogP contribution in [0.2, 0.25) is 0 Å². The first kappa shape index (κ1) is 9.20. The van der Waals surface area contributed by atoms with E-state index in [0.717, 1.165) is 12.1 Å². The fourth-order valence-corrected chi connectivity index (χ4v) is 2.98. The van der Waals surface area contributed by atoms with E-state index < -0.39 is 0 Å². The first-order valence-electron chi connectivity index (χ1n) is 6.12. The lowest BCUT2D eigenvalue weighted by Gasteiger charge is -2.32. The zero-order valence-corrected chi connectivity index (χ0v) is 9.13. The summed E-state index contributed by atoms with van der Waals surface area (Å²) in [5, 5.41) is 0. The van der Waals surface area contributed by atoms with E-state index >= 15 is 0 Å². The first-order valence-corrected chi connectivity index (χ1v) is 6.12. The maximum absolute atomic E-state index is 6.27. The van der Waals surface area contributed by atoms with Gasteiger partial charge in [0.25, 0.3) is 0 Å². The third-order valence-corrected chi connectivity index (χ3v) is 3.80. The molecule has 0 saturated heterocycles. The Bertz CT molecular complexity index is 374. The number of nitrogens with two attached hydrogens (primary N) is 1. The minimum atomic E-state index is 0.434. The summed E-state index contributed by atoms with van der Waals surface area (Å²) in [5.41, 5.74) is 11.3. The van der Waals surface area contributed by atoms with Crippen LogP contribution in [0.1, 0.15) is 44.9 Å². The van der Waals surface area contributed by atoms with E-state index in [1.165, 1.54) is 55.4 Å². The molecule has 1 saturated carbocycles. The van der Waals surface area contributed by atoms with Crippen molar-refractivity contribution in [2.45, 2.75) is 51.0 Å². The molecule has 2 N–H and O–H groups in total. The van der Waals surface area contributed by atoms with E-state index in [9.17, 15) is 0 Å². The van der Waals surface area contributed by atoms with Gasteiger partial charge in [0, 0.05) is 17.0 Å². The van der Waals surface area contributed by atoms with Gasteiger partial charge in [0.15, 0.2) is 0 Å². The van der Waals surface area contributed by atoms with Crippen LogP contribution < -0.4 is 5.73 Å². The van der Waals surface area contributed by atoms with Crippen LogP contribution in [-0.2, 0) is 0 Å². The van der Waals surface area contributed by atoms with Gasteiger partial charge in [-0.3, -0.25) is 4.99 Å². The van der Waals surface area contributed by atoms with Crippen LogP contribution in [0, 0.1) is 0 Å². The van der Waals surface area contributed by atoms with E-state index in [2.05, 4.69) is 6.08 Å². The Morgan fingerprint density at radius 2 is 2.13 bits per heavy atom. The van der Waals surface area contributed by atoms with Crippen LogP contribution in [0.25, 0.3) is 0 Å². The van der Waals surface area contributed by atoms with Gasteiger partial charge in [-0.2, -0.15) is 0 Å². The molecule has 1 unspecified atom stereocenters. The summed E-state index contributed by atoms with van der Waals surface area (Å²) in [4.78, 5) is 4.89. The molecule has 3 aliphatic rings. The molecule has 1 atom stereocenters. The molecule has 2 heteroatoms. The number of aliphatic imine (C=N–C) groups is 1. The molecular formula is C13H18N2. The second kappa shape index (κ2) is 3.51. The Morgan fingerprint density at radius 1 is 1.20 bits per heavy atom. The molecular weight excluding hydrogens is 184 g/mol. The van der Waals surface area contributed by atoms with Crippen LogP contribution >= 0.6 is 0 Å². The molecule has 2 nitrogen and oxygen atoms in total. The molecule has 15 heavy (non-hydrogen) atoms. The zero-order valence-electron chi connectivity index (χ0n) is 9.13. The van der Waals surface area contributed by atoms with E-state index in [0.29, 0.717) is 6.04 Å². The van der Waals surface area contributed by atoms with Gasteiger partial charge in [0.05, 0.1) is 6.04 Å². The summed E-state index contributed by atoms with van der Waals surface area (Å²) in [6.45, 7) is 0. The van der Waals surface area contributed by atoms with Crippen molar-refractivity contribution in [3.8, 4) is 0 Å². The van der Waals surface area contributed by atoms with Gasteiger partial charge in [0.1, 0.15) is 0 Å². The van der Waals surface area contributed by atoms with Crippen molar-refractivity contribution < 1.29 is 0 Å². The van der Waals surface area contributed by atoms with Gasteiger partial charge >= 0.3 is 0 Å². The second-order valence-electron chi connectivity index (χ2n) is 4.79. The quantitative estimate of drug-likeness (QED) is 0.644.